The van der Waals surface area contributed by atoms with E-state index in [9.17, 15) is 0 Å². The van der Waals surface area contributed by atoms with Crippen LogP contribution in [-0.4, -0.2) is 19.4 Å². The quantitative estimate of drug-likeness (QED) is 0.398. The second kappa shape index (κ2) is 4.17. The lowest BCUT2D eigenvalue weighted by atomic mass is 10.1. The molecule has 4 nitrogen and oxygen atoms in total. The van der Waals surface area contributed by atoms with Crippen LogP contribution in [0.3, 0.4) is 0 Å². The first kappa shape index (κ1) is 12.2. The van der Waals surface area contributed by atoms with Crippen molar-refractivity contribution in [1.82, 2.24) is 19.4 Å². The van der Waals surface area contributed by atoms with Gasteiger partial charge in [0.2, 0.25) is 0 Å². The summed E-state index contributed by atoms with van der Waals surface area (Å²) >= 11 is 0. The Kier molecular flexibility index (Phi) is 2.12. The van der Waals surface area contributed by atoms with Gasteiger partial charge in [-0.1, -0.05) is 24.3 Å². The Bertz CT molecular complexity index is 1280. The molecular weight excluding hydrogens is 296 g/mol. The molecule has 0 aliphatic heterocycles. The summed E-state index contributed by atoms with van der Waals surface area (Å²) in [6.45, 7) is 0. The van der Waals surface area contributed by atoms with Crippen molar-refractivity contribution in [2.24, 2.45) is 0 Å². The molecule has 1 aromatic carbocycles. The minimum absolute atomic E-state index is 0.910. The van der Waals surface area contributed by atoms with Crippen LogP contribution in [0.15, 0.2) is 61.1 Å². The molecule has 0 amide bonds. The lowest BCUT2D eigenvalue weighted by molar-refractivity contribution is 1.09. The predicted molar refractivity (Wildman–Crippen MR) is 94.0 cm³/mol. The Morgan fingerprint density at radius 3 is 2.88 bits per heavy atom. The fourth-order valence-corrected chi connectivity index (χ4v) is 3.92. The third-order valence-corrected chi connectivity index (χ3v) is 4.95. The molecule has 4 aromatic heterocycles. The molecule has 6 rings (SSSR count). The van der Waals surface area contributed by atoms with E-state index in [1.807, 2.05) is 30.7 Å². The Hall–Kier alpha value is -3.27. The van der Waals surface area contributed by atoms with Gasteiger partial charge < -0.3 is 0 Å². The lowest BCUT2D eigenvalue weighted by Gasteiger charge is -2.08. The van der Waals surface area contributed by atoms with E-state index in [2.05, 4.69) is 44.7 Å². The fraction of sp³-hybridized carbons (Fsp3) is 0.0500. The van der Waals surface area contributed by atoms with Crippen molar-refractivity contribution in [3.63, 3.8) is 0 Å². The average molecular weight is 308 g/mol. The van der Waals surface area contributed by atoms with Crippen molar-refractivity contribution in [2.45, 2.75) is 6.42 Å². The van der Waals surface area contributed by atoms with E-state index in [1.165, 1.54) is 16.8 Å². The van der Waals surface area contributed by atoms with Crippen LogP contribution >= 0.6 is 0 Å². The molecule has 4 heteroatoms. The highest BCUT2D eigenvalue weighted by Crippen LogP contribution is 2.39. The van der Waals surface area contributed by atoms with E-state index < -0.39 is 0 Å². The minimum Gasteiger partial charge on any atom is -0.294 e. The highest BCUT2D eigenvalue weighted by molar-refractivity contribution is 6.10. The molecule has 0 N–H and O–H groups in total. The van der Waals surface area contributed by atoms with Gasteiger partial charge in [-0.15, -0.1) is 0 Å². The van der Waals surface area contributed by atoms with Gasteiger partial charge in [0.15, 0.2) is 0 Å². The second-order valence-electron chi connectivity index (χ2n) is 6.19. The lowest BCUT2D eigenvalue weighted by Crippen LogP contribution is -1.97. The average Bonchev–Trinajstić information content (AvgIpc) is 3.18. The summed E-state index contributed by atoms with van der Waals surface area (Å²) in [5.74, 6) is 0. The van der Waals surface area contributed by atoms with Crippen molar-refractivity contribution in [3.05, 3.63) is 72.3 Å². The van der Waals surface area contributed by atoms with E-state index in [0.717, 1.165) is 39.6 Å². The second-order valence-corrected chi connectivity index (χ2v) is 6.19. The number of rotatable bonds is 0. The van der Waals surface area contributed by atoms with Crippen molar-refractivity contribution in [3.8, 4) is 11.3 Å². The summed E-state index contributed by atoms with van der Waals surface area (Å²) in [5.41, 5.74) is 8.00. The number of pyridine rings is 3. The first-order valence-corrected chi connectivity index (χ1v) is 8.02. The number of benzene rings is 1. The third kappa shape index (κ3) is 1.36. The molecule has 1 aliphatic rings. The molecule has 4 heterocycles. The molecule has 0 atom stereocenters. The van der Waals surface area contributed by atoms with Crippen LogP contribution < -0.4 is 0 Å². The molecule has 0 fully saturated rings. The van der Waals surface area contributed by atoms with Gasteiger partial charge in [0, 0.05) is 41.3 Å². The molecule has 0 bridgehead atoms. The molecule has 0 saturated heterocycles. The highest BCUT2D eigenvalue weighted by Gasteiger charge is 2.26. The van der Waals surface area contributed by atoms with Gasteiger partial charge in [-0.25, -0.2) is 4.98 Å². The van der Waals surface area contributed by atoms with E-state index in [4.69, 9.17) is 4.98 Å². The van der Waals surface area contributed by atoms with Crippen molar-refractivity contribution < 1.29 is 0 Å². The Labute approximate surface area is 137 Å². The van der Waals surface area contributed by atoms with Crippen LogP contribution in [-0.2, 0) is 6.42 Å². The Morgan fingerprint density at radius 1 is 0.917 bits per heavy atom. The summed E-state index contributed by atoms with van der Waals surface area (Å²) in [7, 11) is 0. The van der Waals surface area contributed by atoms with Crippen molar-refractivity contribution in [2.75, 3.05) is 0 Å². The number of nitrogens with zero attached hydrogens (tertiary/aromatic N) is 4. The number of fused-ring (bicyclic) bond motifs is 10. The smallest absolute Gasteiger partial charge is 0.146 e. The zero-order valence-electron chi connectivity index (χ0n) is 12.8. The maximum atomic E-state index is 5.02. The van der Waals surface area contributed by atoms with E-state index >= 15 is 0 Å². The summed E-state index contributed by atoms with van der Waals surface area (Å²) in [6.07, 6.45) is 6.46. The van der Waals surface area contributed by atoms with Gasteiger partial charge in [-0.05, 0) is 23.8 Å². The summed E-state index contributed by atoms with van der Waals surface area (Å²) in [4.78, 5) is 13.9. The van der Waals surface area contributed by atoms with Gasteiger partial charge in [-0.3, -0.25) is 14.4 Å². The van der Waals surface area contributed by atoms with E-state index in [1.54, 1.807) is 0 Å². The van der Waals surface area contributed by atoms with Crippen LogP contribution in [0.4, 0.5) is 0 Å². The van der Waals surface area contributed by atoms with E-state index in [-0.39, 0.29) is 0 Å². The van der Waals surface area contributed by atoms with Crippen LogP contribution in [0.5, 0.6) is 0 Å². The first-order chi connectivity index (χ1) is 11.9. The molecule has 24 heavy (non-hydrogen) atoms. The minimum atomic E-state index is 0.910. The molecule has 5 aromatic rings. The zero-order valence-corrected chi connectivity index (χ0v) is 12.8. The topological polar surface area (TPSA) is 43.1 Å². The standard InChI is InChI=1S/C20H12N4/c1-2-5-13-12(4-1)10-17-19(13)23-20-14-7-9-21-11-15(14)18-16(24(17)20)6-3-8-22-18/h1-9,11H,10H2. The van der Waals surface area contributed by atoms with Gasteiger partial charge in [0.1, 0.15) is 5.65 Å². The monoisotopic (exact) mass is 308 g/mol. The summed E-state index contributed by atoms with van der Waals surface area (Å²) in [5, 5.41) is 2.15. The van der Waals surface area contributed by atoms with Crippen LogP contribution in [0.2, 0.25) is 0 Å². The largest absolute Gasteiger partial charge is 0.294 e. The van der Waals surface area contributed by atoms with E-state index in [0.29, 0.717) is 0 Å². The Balaban J connectivity index is 1.90. The highest BCUT2D eigenvalue weighted by atomic mass is 15.0. The summed E-state index contributed by atoms with van der Waals surface area (Å²) in [6, 6.07) is 14.7. The van der Waals surface area contributed by atoms with Crippen LogP contribution in [0.25, 0.3) is 38.7 Å². The van der Waals surface area contributed by atoms with Crippen molar-refractivity contribution in [1.29, 1.82) is 0 Å². The SMILES string of the molecule is c1ccc2c(c1)Cc1c-2nc2c3ccncc3c3ncccc3n12. The van der Waals surface area contributed by atoms with Crippen molar-refractivity contribution >= 4 is 27.5 Å². The maximum absolute atomic E-state index is 5.02. The predicted octanol–water partition coefficient (Wildman–Crippen LogP) is 4.00. The molecule has 0 unspecified atom stereocenters. The molecular formula is C20H12N4. The number of aromatic nitrogens is 4. The fourth-order valence-electron chi connectivity index (χ4n) is 3.92. The number of hydrogen-bond donors (Lipinski definition) is 0. The molecule has 0 saturated carbocycles. The van der Waals surface area contributed by atoms with Crippen LogP contribution in [0.1, 0.15) is 11.3 Å². The Morgan fingerprint density at radius 2 is 1.88 bits per heavy atom. The van der Waals surface area contributed by atoms with Gasteiger partial charge in [0.25, 0.3) is 0 Å². The zero-order chi connectivity index (χ0) is 15.7. The maximum Gasteiger partial charge on any atom is 0.146 e. The molecule has 112 valence electrons. The molecule has 0 spiro atoms. The molecule has 0 radical (unpaired) electrons. The number of hydrogen-bond acceptors (Lipinski definition) is 3. The summed E-state index contributed by atoms with van der Waals surface area (Å²) < 4.78 is 2.28. The van der Waals surface area contributed by atoms with Crippen LogP contribution in [0, 0.1) is 0 Å². The van der Waals surface area contributed by atoms with Gasteiger partial charge in [-0.2, -0.15) is 0 Å². The molecule has 1 aliphatic carbocycles. The van der Waals surface area contributed by atoms with Gasteiger partial charge in [0.05, 0.1) is 22.4 Å². The normalized spacial score (nSPS) is 12.8. The first-order valence-electron chi connectivity index (χ1n) is 8.02. The third-order valence-electron chi connectivity index (χ3n) is 4.95. The number of imidazole rings is 1. The van der Waals surface area contributed by atoms with Gasteiger partial charge >= 0.3 is 0 Å².